The third-order valence-corrected chi connectivity index (χ3v) is 2.80. The van der Waals surface area contributed by atoms with Gasteiger partial charge in [0.1, 0.15) is 0 Å². The maximum atomic E-state index is 11.9. The molecule has 0 aliphatic carbocycles. The van der Waals surface area contributed by atoms with Crippen LogP contribution in [0.2, 0.25) is 0 Å². The molecule has 5 heteroatoms. The van der Waals surface area contributed by atoms with Gasteiger partial charge in [0.15, 0.2) is 0 Å². The first-order valence-corrected chi connectivity index (χ1v) is 6.50. The van der Waals surface area contributed by atoms with Gasteiger partial charge in [0.05, 0.1) is 11.2 Å². The van der Waals surface area contributed by atoms with Gasteiger partial charge in [-0.1, -0.05) is 31.5 Å². The van der Waals surface area contributed by atoms with E-state index in [-0.39, 0.29) is 11.7 Å². The van der Waals surface area contributed by atoms with Crippen molar-refractivity contribution in [2.45, 2.75) is 19.8 Å². The number of nitrogens with two attached hydrogens (primary N) is 1. The normalized spacial score (nSPS) is 10.6. The highest BCUT2D eigenvalue weighted by Gasteiger charge is 2.12. The Labute approximate surface area is 112 Å². The van der Waals surface area contributed by atoms with Crippen molar-refractivity contribution in [3.05, 3.63) is 35.8 Å². The van der Waals surface area contributed by atoms with E-state index in [0.717, 1.165) is 29.4 Å². The van der Waals surface area contributed by atoms with Crippen LogP contribution in [0, 0.1) is 0 Å². The molecule has 0 aliphatic rings. The number of nitrogens with one attached hydrogen (secondary N) is 1. The number of nitrogens with zero attached hydrogens (tertiary/aromatic N) is 2. The molecule has 0 spiro atoms. The Morgan fingerprint density at radius 3 is 2.84 bits per heavy atom. The van der Waals surface area contributed by atoms with Gasteiger partial charge in [-0.25, -0.2) is 9.97 Å². The lowest BCUT2D eigenvalue weighted by atomic mass is 10.1. The van der Waals surface area contributed by atoms with Gasteiger partial charge in [-0.05, 0) is 12.5 Å². The number of fused-ring (bicyclic) bond motifs is 1. The monoisotopic (exact) mass is 258 g/mol. The number of amides is 1. The van der Waals surface area contributed by atoms with Gasteiger partial charge >= 0.3 is 0 Å². The summed E-state index contributed by atoms with van der Waals surface area (Å²) in [5.41, 5.74) is 7.09. The summed E-state index contributed by atoms with van der Waals surface area (Å²) in [5.74, 6) is -0.0517. The van der Waals surface area contributed by atoms with Gasteiger partial charge in [0, 0.05) is 18.5 Å². The van der Waals surface area contributed by atoms with Crippen molar-refractivity contribution in [2.75, 3.05) is 13.1 Å². The molecule has 0 fully saturated rings. The Hall–Kier alpha value is -2.01. The molecule has 1 aromatic heterocycles. The molecule has 2 rings (SSSR count). The van der Waals surface area contributed by atoms with Gasteiger partial charge in [-0.3, -0.25) is 4.79 Å². The summed E-state index contributed by atoms with van der Waals surface area (Å²) in [6.45, 7) is 2.92. The molecule has 1 aromatic carbocycles. The fraction of sp³-hybridized carbons (Fsp3) is 0.357. The molecule has 0 bridgehead atoms. The van der Waals surface area contributed by atoms with Crippen molar-refractivity contribution < 1.29 is 4.79 Å². The highest BCUT2D eigenvalue weighted by Crippen LogP contribution is 2.16. The number of hydrogen-bond donors (Lipinski definition) is 2. The topological polar surface area (TPSA) is 80.9 Å². The van der Waals surface area contributed by atoms with E-state index in [2.05, 4.69) is 22.2 Å². The van der Waals surface area contributed by atoms with Crippen molar-refractivity contribution in [2.24, 2.45) is 5.73 Å². The second kappa shape index (κ2) is 6.24. The maximum absolute atomic E-state index is 11.9. The summed E-state index contributed by atoms with van der Waals surface area (Å²) in [6.07, 6.45) is 1.81. The zero-order valence-corrected chi connectivity index (χ0v) is 11.0. The van der Waals surface area contributed by atoms with Crippen molar-refractivity contribution in [3.8, 4) is 0 Å². The van der Waals surface area contributed by atoms with Crippen LogP contribution in [0.25, 0.3) is 10.9 Å². The second-order valence-electron chi connectivity index (χ2n) is 4.31. The second-order valence-corrected chi connectivity index (χ2v) is 4.31. The summed E-state index contributed by atoms with van der Waals surface area (Å²) in [5, 5.41) is 3.71. The fourth-order valence-corrected chi connectivity index (χ4v) is 1.94. The highest BCUT2D eigenvalue weighted by atomic mass is 16.2. The summed E-state index contributed by atoms with van der Waals surface area (Å²) >= 11 is 0. The van der Waals surface area contributed by atoms with Crippen LogP contribution in [0.15, 0.2) is 24.3 Å². The molecule has 3 N–H and O–H groups in total. The first kappa shape index (κ1) is 13.4. The first-order valence-electron chi connectivity index (χ1n) is 6.50. The largest absolute Gasteiger partial charge is 0.348 e. The Kier molecular flexibility index (Phi) is 4.41. The van der Waals surface area contributed by atoms with Crippen LogP contribution in [0.4, 0.5) is 0 Å². The van der Waals surface area contributed by atoms with Crippen LogP contribution >= 0.6 is 0 Å². The smallest absolute Gasteiger partial charge is 0.289 e. The van der Waals surface area contributed by atoms with Crippen molar-refractivity contribution in [1.82, 2.24) is 15.3 Å². The molecule has 0 radical (unpaired) electrons. The predicted octanol–water partition coefficient (Wildman–Crippen LogP) is 1.27. The van der Waals surface area contributed by atoms with E-state index < -0.39 is 0 Å². The number of benzene rings is 1. The van der Waals surface area contributed by atoms with Gasteiger partial charge in [0.2, 0.25) is 5.82 Å². The van der Waals surface area contributed by atoms with E-state index in [1.807, 2.05) is 24.3 Å². The van der Waals surface area contributed by atoms with Crippen molar-refractivity contribution in [1.29, 1.82) is 0 Å². The number of aromatic nitrogens is 2. The van der Waals surface area contributed by atoms with Gasteiger partial charge in [0.25, 0.3) is 5.91 Å². The lowest BCUT2D eigenvalue weighted by Gasteiger charge is -2.08. The molecule has 0 saturated carbocycles. The van der Waals surface area contributed by atoms with Crippen LogP contribution in [0.1, 0.15) is 29.7 Å². The molecule has 5 nitrogen and oxygen atoms in total. The third-order valence-electron chi connectivity index (χ3n) is 2.80. The zero-order valence-electron chi connectivity index (χ0n) is 11.0. The maximum Gasteiger partial charge on any atom is 0.289 e. The molecular weight excluding hydrogens is 240 g/mol. The van der Waals surface area contributed by atoms with E-state index >= 15 is 0 Å². The van der Waals surface area contributed by atoms with E-state index in [4.69, 9.17) is 5.73 Å². The van der Waals surface area contributed by atoms with Crippen molar-refractivity contribution >= 4 is 16.8 Å². The van der Waals surface area contributed by atoms with Crippen LogP contribution in [0.3, 0.4) is 0 Å². The molecule has 0 unspecified atom stereocenters. The Balaban J connectivity index is 2.42. The molecule has 0 saturated heterocycles. The van der Waals surface area contributed by atoms with Crippen LogP contribution < -0.4 is 11.1 Å². The Morgan fingerprint density at radius 2 is 2.11 bits per heavy atom. The van der Waals surface area contributed by atoms with Gasteiger partial charge in [-0.2, -0.15) is 0 Å². The van der Waals surface area contributed by atoms with E-state index in [0.29, 0.717) is 13.1 Å². The van der Waals surface area contributed by atoms with Crippen LogP contribution in [-0.2, 0) is 6.42 Å². The lowest BCUT2D eigenvalue weighted by molar-refractivity contribution is 0.0944. The molecule has 2 aromatic rings. The number of carbonyl (C=O) groups is 1. The van der Waals surface area contributed by atoms with Gasteiger partial charge in [-0.15, -0.1) is 0 Å². The molecule has 100 valence electrons. The van der Waals surface area contributed by atoms with E-state index in [9.17, 15) is 4.79 Å². The molecule has 19 heavy (non-hydrogen) atoms. The molecular formula is C14H18N4O. The minimum atomic E-state index is -0.270. The minimum absolute atomic E-state index is 0.218. The lowest BCUT2D eigenvalue weighted by Crippen LogP contribution is -2.30. The number of rotatable bonds is 5. The molecule has 0 atom stereocenters. The Morgan fingerprint density at radius 1 is 1.32 bits per heavy atom. The average molecular weight is 258 g/mol. The molecule has 0 aliphatic heterocycles. The summed E-state index contributed by atoms with van der Waals surface area (Å²) in [7, 11) is 0. The van der Waals surface area contributed by atoms with Crippen molar-refractivity contribution in [3.63, 3.8) is 0 Å². The van der Waals surface area contributed by atoms with E-state index in [1.165, 1.54) is 0 Å². The number of carbonyl (C=O) groups excluding carboxylic acids is 1. The Bertz CT molecular complexity index is 583. The number of hydrogen-bond acceptors (Lipinski definition) is 4. The highest BCUT2D eigenvalue weighted by molar-refractivity contribution is 5.93. The molecule has 1 heterocycles. The fourth-order valence-electron chi connectivity index (χ4n) is 1.94. The first-order chi connectivity index (χ1) is 9.26. The summed E-state index contributed by atoms with van der Waals surface area (Å²) < 4.78 is 0. The third kappa shape index (κ3) is 3.06. The predicted molar refractivity (Wildman–Crippen MR) is 74.9 cm³/mol. The average Bonchev–Trinajstić information content (AvgIpc) is 2.45. The minimum Gasteiger partial charge on any atom is -0.348 e. The SMILES string of the molecule is CCCc1nc(C(=O)NCCN)nc2ccccc12. The quantitative estimate of drug-likeness (QED) is 0.846. The van der Waals surface area contributed by atoms with E-state index in [1.54, 1.807) is 0 Å². The number of aryl methyl sites for hydroxylation is 1. The standard InChI is InChI=1S/C14H18N4O/c1-2-5-11-10-6-3-4-7-12(10)18-13(17-11)14(19)16-9-8-15/h3-4,6-7H,2,5,8-9,15H2,1H3,(H,16,19). The van der Waals surface area contributed by atoms with Gasteiger partial charge < -0.3 is 11.1 Å². The zero-order chi connectivity index (χ0) is 13.7. The van der Waals surface area contributed by atoms with Crippen LogP contribution in [-0.4, -0.2) is 29.0 Å². The molecule has 1 amide bonds. The number of para-hydroxylation sites is 1. The van der Waals surface area contributed by atoms with Crippen LogP contribution in [0.5, 0.6) is 0 Å². The summed E-state index contributed by atoms with van der Waals surface area (Å²) in [4.78, 5) is 20.6. The summed E-state index contributed by atoms with van der Waals surface area (Å²) in [6, 6.07) is 7.75.